The van der Waals surface area contributed by atoms with E-state index in [0.717, 1.165) is 19.4 Å². The van der Waals surface area contributed by atoms with E-state index in [4.69, 9.17) is 5.11 Å². The molecule has 2 fully saturated rings. The number of piperidine rings is 1. The summed E-state index contributed by atoms with van der Waals surface area (Å²) in [7, 11) is 0. The third-order valence-corrected chi connectivity index (χ3v) is 4.02. The van der Waals surface area contributed by atoms with Crippen LogP contribution in [0.1, 0.15) is 26.2 Å². The number of carboxylic acid groups (broad SMARTS) is 1. The highest BCUT2D eigenvalue weighted by Crippen LogP contribution is 2.41. The summed E-state index contributed by atoms with van der Waals surface area (Å²) in [6, 6.07) is 0.554. The number of amides is 1. The van der Waals surface area contributed by atoms with Crippen LogP contribution in [0, 0.1) is 5.41 Å². The maximum atomic E-state index is 10.7. The first kappa shape index (κ1) is 9.77. The lowest BCUT2D eigenvalue weighted by Gasteiger charge is -2.40. The lowest BCUT2D eigenvalue weighted by atomic mass is 9.73. The molecule has 0 unspecified atom stereocenters. The molecule has 0 radical (unpaired) electrons. The summed E-state index contributed by atoms with van der Waals surface area (Å²) >= 11 is 0. The summed E-state index contributed by atoms with van der Waals surface area (Å²) < 4.78 is 0. The number of carbonyl (C=O) groups is 1. The molecule has 1 atom stereocenters. The van der Waals surface area contributed by atoms with Crippen LogP contribution in [0.4, 0.5) is 4.79 Å². The van der Waals surface area contributed by atoms with Crippen molar-refractivity contribution < 1.29 is 9.90 Å². The summed E-state index contributed by atoms with van der Waals surface area (Å²) in [5.74, 6) is 0. The molecule has 14 heavy (non-hydrogen) atoms. The van der Waals surface area contributed by atoms with Crippen molar-refractivity contribution in [2.24, 2.45) is 5.41 Å². The van der Waals surface area contributed by atoms with E-state index in [-0.39, 0.29) is 0 Å². The minimum absolute atomic E-state index is 0.381. The van der Waals surface area contributed by atoms with Gasteiger partial charge in [-0.05, 0) is 38.1 Å². The second-order valence-electron chi connectivity index (χ2n) is 4.56. The zero-order valence-corrected chi connectivity index (χ0v) is 8.62. The van der Waals surface area contributed by atoms with Crippen molar-refractivity contribution in [1.82, 2.24) is 10.2 Å². The van der Waals surface area contributed by atoms with Gasteiger partial charge in [0.2, 0.25) is 0 Å². The summed E-state index contributed by atoms with van der Waals surface area (Å²) in [6.07, 6.45) is 2.49. The number of hydrogen-bond acceptors (Lipinski definition) is 2. The van der Waals surface area contributed by atoms with Gasteiger partial charge < -0.3 is 15.3 Å². The Kier molecular flexibility index (Phi) is 2.39. The van der Waals surface area contributed by atoms with Gasteiger partial charge in [0.1, 0.15) is 0 Å². The van der Waals surface area contributed by atoms with Crippen LogP contribution in [-0.4, -0.2) is 41.8 Å². The molecule has 0 aliphatic carbocycles. The van der Waals surface area contributed by atoms with Gasteiger partial charge >= 0.3 is 6.09 Å². The van der Waals surface area contributed by atoms with Gasteiger partial charge in [0, 0.05) is 19.1 Å². The van der Waals surface area contributed by atoms with E-state index < -0.39 is 6.09 Å². The van der Waals surface area contributed by atoms with Crippen LogP contribution in [-0.2, 0) is 0 Å². The molecular weight excluding hydrogens is 180 g/mol. The van der Waals surface area contributed by atoms with Gasteiger partial charge in [-0.2, -0.15) is 0 Å². The molecule has 0 aromatic carbocycles. The second kappa shape index (κ2) is 3.42. The number of likely N-dealkylation sites (tertiary alicyclic amines) is 1. The molecule has 2 rings (SSSR count). The van der Waals surface area contributed by atoms with Gasteiger partial charge in [-0.3, -0.25) is 0 Å². The van der Waals surface area contributed by atoms with Gasteiger partial charge in [-0.25, -0.2) is 4.79 Å². The first-order valence-electron chi connectivity index (χ1n) is 5.35. The van der Waals surface area contributed by atoms with Gasteiger partial charge in [-0.1, -0.05) is 0 Å². The minimum Gasteiger partial charge on any atom is -0.465 e. The predicted molar refractivity (Wildman–Crippen MR) is 53.3 cm³/mol. The molecule has 4 nitrogen and oxygen atoms in total. The molecule has 4 heteroatoms. The second-order valence-corrected chi connectivity index (χ2v) is 4.56. The van der Waals surface area contributed by atoms with Gasteiger partial charge in [0.05, 0.1) is 0 Å². The Balaban J connectivity index is 1.98. The van der Waals surface area contributed by atoms with Crippen molar-refractivity contribution >= 4 is 6.09 Å². The van der Waals surface area contributed by atoms with Crippen LogP contribution in [0.25, 0.3) is 0 Å². The van der Waals surface area contributed by atoms with Crippen LogP contribution < -0.4 is 5.32 Å². The molecule has 2 aliphatic heterocycles. The molecule has 0 aromatic rings. The first-order chi connectivity index (χ1) is 6.64. The van der Waals surface area contributed by atoms with Crippen molar-refractivity contribution in [2.75, 3.05) is 19.6 Å². The van der Waals surface area contributed by atoms with E-state index in [0.29, 0.717) is 24.5 Å². The minimum atomic E-state index is -0.765. The largest absolute Gasteiger partial charge is 0.465 e. The third kappa shape index (κ3) is 1.47. The lowest BCUT2D eigenvalue weighted by Crippen LogP contribution is -2.46. The average molecular weight is 198 g/mol. The monoisotopic (exact) mass is 198 g/mol. The van der Waals surface area contributed by atoms with E-state index in [1.54, 1.807) is 0 Å². The highest BCUT2D eigenvalue weighted by atomic mass is 16.4. The first-order valence-corrected chi connectivity index (χ1v) is 5.35. The fourth-order valence-electron chi connectivity index (χ4n) is 2.80. The Bertz CT molecular complexity index is 234. The van der Waals surface area contributed by atoms with Crippen LogP contribution >= 0.6 is 0 Å². The Labute approximate surface area is 84.3 Å². The standard InChI is InChI=1S/C10H18N2O2/c1-8-10(2-5-11-8)3-6-12(7-4-10)9(13)14/h8,11H,2-7H2,1H3,(H,13,14)/t8-/m0/s1. The van der Waals surface area contributed by atoms with Crippen LogP contribution in [0.2, 0.25) is 0 Å². The van der Waals surface area contributed by atoms with E-state index in [1.807, 2.05) is 0 Å². The Hall–Kier alpha value is -0.770. The van der Waals surface area contributed by atoms with E-state index >= 15 is 0 Å². The number of hydrogen-bond donors (Lipinski definition) is 2. The molecule has 0 aromatic heterocycles. The molecule has 2 heterocycles. The Morgan fingerprint density at radius 1 is 1.43 bits per heavy atom. The predicted octanol–water partition coefficient (Wildman–Crippen LogP) is 1.13. The summed E-state index contributed by atoms with van der Waals surface area (Å²) in [5.41, 5.74) is 0.381. The van der Waals surface area contributed by atoms with E-state index in [2.05, 4.69) is 12.2 Å². The van der Waals surface area contributed by atoms with Gasteiger partial charge in [0.15, 0.2) is 0 Å². The zero-order valence-electron chi connectivity index (χ0n) is 8.62. The van der Waals surface area contributed by atoms with Crippen molar-refractivity contribution in [3.63, 3.8) is 0 Å². The maximum absolute atomic E-state index is 10.7. The quantitative estimate of drug-likeness (QED) is 0.613. The molecule has 1 spiro atoms. The molecule has 2 saturated heterocycles. The Morgan fingerprint density at radius 2 is 2.07 bits per heavy atom. The highest BCUT2D eigenvalue weighted by molar-refractivity contribution is 5.65. The van der Waals surface area contributed by atoms with Crippen molar-refractivity contribution in [3.8, 4) is 0 Å². The average Bonchev–Trinajstić information content (AvgIpc) is 2.49. The summed E-state index contributed by atoms with van der Waals surface area (Å²) in [5, 5.41) is 12.3. The molecular formula is C10H18N2O2. The number of nitrogens with one attached hydrogen (secondary N) is 1. The summed E-state index contributed by atoms with van der Waals surface area (Å²) in [6.45, 7) is 4.74. The van der Waals surface area contributed by atoms with Crippen LogP contribution in [0.15, 0.2) is 0 Å². The van der Waals surface area contributed by atoms with Gasteiger partial charge in [0.25, 0.3) is 0 Å². The third-order valence-electron chi connectivity index (χ3n) is 4.02. The molecule has 0 saturated carbocycles. The summed E-state index contributed by atoms with van der Waals surface area (Å²) in [4.78, 5) is 12.3. The molecule has 2 N–H and O–H groups in total. The van der Waals surface area contributed by atoms with Gasteiger partial charge in [-0.15, -0.1) is 0 Å². The molecule has 80 valence electrons. The van der Waals surface area contributed by atoms with E-state index in [1.165, 1.54) is 11.3 Å². The van der Waals surface area contributed by atoms with Crippen molar-refractivity contribution in [2.45, 2.75) is 32.2 Å². The van der Waals surface area contributed by atoms with Crippen LogP contribution in [0.5, 0.6) is 0 Å². The van der Waals surface area contributed by atoms with Crippen LogP contribution in [0.3, 0.4) is 0 Å². The zero-order chi connectivity index (χ0) is 10.2. The topological polar surface area (TPSA) is 52.6 Å². The van der Waals surface area contributed by atoms with Crippen molar-refractivity contribution in [3.05, 3.63) is 0 Å². The molecule has 2 aliphatic rings. The SMILES string of the molecule is C[C@@H]1NCCC12CCN(C(=O)O)CC2. The highest BCUT2D eigenvalue weighted by Gasteiger charge is 2.42. The van der Waals surface area contributed by atoms with Crippen molar-refractivity contribution in [1.29, 1.82) is 0 Å². The molecule has 0 bridgehead atoms. The maximum Gasteiger partial charge on any atom is 0.407 e. The number of nitrogens with zero attached hydrogens (tertiary/aromatic N) is 1. The Morgan fingerprint density at radius 3 is 2.50 bits per heavy atom. The lowest BCUT2D eigenvalue weighted by molar-refractivity contribution is 0.0844. The normalized spacial score (nSPS) is 30.9. The smallest absolute Gasteiger partial charge is 0.407 e. The molecule has 1 amide bonds. The fraction of sp³-hybridized carbons (Fsp3) is 0.900. The fourth-order valence-corrected chi connectivity index (χ4v) is 2.80. The van der Waals surface area contributed by atoms with E-state index in [9.17, 15) is 4.79 Å². The number of rotatable bonds is 0.